The number of benzene rings is 2. The third kappa shape index (κ3) is 3.64. The number of imidazole rings is 1. The molecule has 1 aliphatic rings. The fraction of sp³-hybridized carbons (Fsp3) is 0.200. The molecule has 0 spiro atoms. The summed E-state index contributed by atoms with van der Waals surface area (Å²) in [6, 6.07) is 13.1. The Morgan fingerprint density at radius 1 is 1.15 bits per heavy atom. The molecule has 0 atom stereocenters. The Morgan fingerprint density at radius 3 is 2.69 bits per heavy atom. The molecule has 4 rings (SSSR count). The van der Waals surface area contributed by atoms with E-state index in [1.807, 2.05) is 24.3 Å². The maximum absolute atomic E-state index is 12.5. The summed E-state index contributed by atoms with van der Waals surface area (Å²) in [7, 11) is 0. The average molecular weight is 478 g/mol. The van der Waals surface area contributed by atoms with Crippen molar-refractivity contribution in [3.05, 3.63) is 68.6 Å². The van der Waals surface area contributed by atoms with Gasteiger partial charge in [0.1, 0.15) is 5.82 Å². The Hall–Kier alpha value is -1.86. The smallest absolute Gasteiger partial charge is 0.256 e. The van der Waals surface area contributed by atoms with Crippen LogP contribution in [0.1, 0.15) is 29.0 Å². The van der Waals surface area contributed by atoms with Crippen molar-refractivity contribution >= 4 is 45.8 Å². The third-order valence-corrected chi connectivity index (χ3v) is 5.65. The van der Waals surface area contributed by atoms with Gasteiger partial charge in [-0.15, -0.1) is 0 Å². The molecule has 1 N–H and O–H groups in total. The summed E-state index contributed by atoms with van der Waals surface area (Å²) in [5, 5.41) is 3.56. The van der Waals surface area contributed by atoms with Crippen LogP contribution >= 0.6 is 34.2 Å². The summed E-state index contributed by atoms with van der Waals surface area (Å²) in [5.41, 5.74) is 3.42. The topological polar surface area (TPSA) is 46.9 Å². The lowest BCUT2D eigenvalue weighted by atomic mass is 10.1. The number of aromatic nitrogens is 2. The molecule has 0 saturated carbocycles. The third-order valence-electron chi connectivity index (χ3n) is 4.52. The van der Waals surface area contributed by atoms with E-state index in [4.69, 9.17) is 16.6 Å². The van der Waals surface area contributed by atoms with Gasteiger partial charge in [0.05, 0.1) is 11.3 Å². The van der Waals surface area contributed by atoms with E-state index < -0.39 is 0 Å². The van der Waals surface area contributed by atoms with Crippen LogP contribution < -0.4 is 5.32 Å². The van der Waals surface area contributed by atoms with Gasteiger partial charge in [-0.3, -0.25) is 4.79 Å². The van der Waals surface area contributed by atoms with E-state index in [-0.39, 0.29) is 5.91 Å². The summed E-state index contributed by atoms with van der Waals surface area (Å²) in [5.74, 6) is 1.03. The maximum Gasteiger partial charge on any atom is 0.256 e. The van der Waals surface area contributed by atoms with Gasteiger partial charge in [0.25, 0.3) is 5.91 Å². The molecule has 4 nitrogen and oxygen atoms in total. The molecule has 1 amide bonds. The van der Waals surface area contributed by atoms with E-state index in [2.05, 4.69) is 38.7 Å². The molecule has 2 aromatic carbocycles. The van der Waals surface area contributed by atoms with Crippen molar-refractivity contribution < 1.29 is 4.79 Å². The Labute approximate surface area is 170 Å². The van der Waals surface area contributed by atoms with Gasteiger partial charge in [0, 0.05) is 39.0 Å². The molecule has 0 saturated heterocycles. The van der Waals surface area contributed by atoms with Gasteiger partial charge in [0.15, 0.2) is 0 Å². The molecule has 1 aliphatic heterocycles. The fourth-order valence-corrected chi connectivity index (χ4v) is 4.26. The van der Waals surface area contributed by atoms with Gasteiger partial charge in [0.2, 0.25) is 0 Å². The molecule has 1 aromatic heterocycles. The standard InChI is InChI=1S/C20H17ClIN3O/c21-14-6-9-16(17(22)11-14)20(26)23-15-7-4-13(5-8-15)18-12-25-10-2-1-3-19(25)24-18/h4-9,11-12H,1-3,10H2,(H,23,26). The van der Waals surface area contributed by atoms with Gasteiger partial charge in [-0.2, -0.15) is 0 Å². The van der Waals surface area contributed by atoms with Gasteiger partial charge >= 0.3 is 0 Å². The lowest BCUT2D eigenvalue weighted by Gasteiger charge is -2.11. The molecule has 0 bridgehead atoms. The van der Waals surface area contributed by atoms with Crippen LogP contribution in [-0.2, 0) is 13.0 Å². The number of nitrogens with zero attached hydrogens (tertiary/aromatic N) is 2. The zero-order chi connectivity index (χ0) is 18.1. The second-order valence-corrected chi connectivity index (χ2v) is 7.95. The molecule has 6 heteroatoms. The van der Waals surface area contributed by atoms with Crippen molar-refractivity contribution in [2.24, 2.45) is 0 Å². The highest BCUT2D eigenvalue weighted by Gasteiger charge is 2.14. The number of hydrogen-bond donors (Lipinski definition) is 1. The Morgan fingerprint density at radius 2 is 1.96 bits per heavy atom. The first kappa shape index (κ1) is 17.5. The SMILES string of the molecule is O=C(Nc1ccc(-c2cn3c(n2)CCCC3)cc1)c1ccc(Cl)cc1I. The van der Waals surface area contributed by atoms with E-state index in [1.54, 1.807) is 18.2 Å². The first-order chi connectivity index (χ1) is 12.6. The molecule has 0 fully saturated rings. The van der Waals surface area contributed by atoms with Gasteiger partial charge in [-0.25, -0.2) is 4.98 Å². The summed E-state index contributed by atoms with van der Waals surface area (Å²) in [6.45, 7) is 1.05. The highest BCUT2D eigenvalue weighted by molar-refractivity contribution is 14.1. The largest absolute Gasteiger partial charge is 0.334 e. The molecular weight excluding hydrogens is 461 g/mol. The lowest BCUT2D eigenvalue weighted by Crippen LogP contribution is -2.13. The van der Waals surface area contributed by atoms with Crippen molar-refractivity contribution in [1.29, 1.82) is 0 Å². The van der Waals surface area contributed by atoms with Crippen LogP contribution in [0.25, 0.3) is 11.3 Å². The number of carbonyl (C=O) groups excluding carboxylic acids is 1. The molecule has 0 unspecified atom stereocenters. The van der Waals surface area contributed by atoms with E-state index in [1.165, 1.54) is 18.7 Å². The monoisotopic (exact) mass is 477 g/mol. The number of halogens is 2. The zero-order valence-electron chi connectivity index (χ0n) is 14.0. The number of hydrogen-bond acceptors (Lipinski definition) is 2. The molecule has 26 heavy (non-hydrogen) atoms. The number of anilines is 1. The minimum atomic E-state index is -0.142. The van der Waals surface area contributed by atoms with Gasteiger partial charge in [-0.1, -0.05) is 23.7 Å². The van der Waals surface area contributed by atoms with Crippen molar-refractivity contribution in [2.45, 2.75) is 25.8 Å². The van der Waals surface area contributed by atoms with E-state index in [9.17, 15) is 4.79 Å². The molecule has 132 valence electrons. The molecular formula is C20H17ClIN3O. The molecule has 0 aliphatic carbocycles. The van der Waals surface area contributed by atoms with E-state index >= 15 is 0 Å². The maximum atomic E-state index is 12.5. The first-order valence-corrected chi connectivity index (χ1v) is 9.99. The summed E-state index contributed by atoms with van der Waals surface area (Å²) in [4.78, 5) is 17.2. The summed E-state index contributed by atoms with van der Waals surface area (Å²) >= 11 is 8.07. The summed E-state index contributed by atoms with van der Waals surface area (Å²) < 4.78 is 3.07. The van der Waals surface area contributed by atoms with Gasteiger partial charge < -0.3 is 9.88 Å². The van der Waals surface area contributed by atoms with Crippen molar-refractivity contribution in [3.8, 4) is 11.3 Å². The number of aryl methyl sites for hydroxylation is 2. The predicted molar refractivity (Wildman–Crippen MR) is 113 cm³/mol. The first-order valence-electron chi connectivity index (χ1n) is 8.53. The Kier molecular flexibility index (Phi) is 5.00. The number of amides is 1. The van der Waals surface area contributed by atoms with Crippen LogP contribution in [0.15, 0.2) is 48.7 Å². The van der Waals surface area contributed by atoms with Crippen LogP contribution in [-0.4, -0.2) is 15.5 Å². The number of nitrogens with one attached hydrogen (secondary N) is 1. The second kappa shape index (κ2) is 7.40. The number of carbonyl (C=O) groups is 1. The second-order valence-electron chi connectivity index (χ2n) is 6.35. The minimum absolute atomic E-state index is 0.142. The fourth-order valence-electron chi connectivity index (χ4n) is 3.15. The summed E-state index contributed by atoms with van der Waals surface area (Å²) in [6.07, 6.45) is 5.61. The Bertz CT molecular complexity index is 942. The van der Waals surface area contributed by atoms with Crippen molar-refractivity contribution in [1.82, 2.24) is 9.55 Å². The zero-order valence-corrected chi connectivity index (χ0v) is 16.9. The van der Waals surface area contributed by atoms with E-state index in [0.717, 1.165) is 33.5 Å². The number of rotatable bonds is 3. The highest BCUT2D eigenvalue weighted by Crippen LogP contribution is 2.25. The average Bonchev–Trinajstić information content (AvgIpc) is 3.06. The van der Waals surface area contributed by atoms with Crippen LogP contribution in [0.3, 0.4) is 0 Å². The van der Waals surface area contributed by atoms with E-state index in [0.29, 0.717) is 10.6 Å². The quantitative estimate of drug-likeness (QED) is 0.514. The van der Waals surface area contributed by atoms with Crippen molar-refractivity contribution in [2.75, 3.05) is 5.32 Å². The van der Waals surface area contributed by atoms with Gasteiger partial charge in [-0.05, 0) is 65.8 Å². The predicted octanol–water partition coefficient (Wildman–Crippen LogP) is 5.40. The van der Waals surface area contributed by atoms with Crippen LogP contribution in [0.2, 0.25) is 5.02 Å². The highest BCUT2D eigenvalue weighted by atomic mass is 127. The number of fused-ring (bicyclic) bond motifs is 1. The Balaban J connectivity index is 1.51. The van der Waals surface area contributed by atoms with Crippen LogP contribution in [0.5, 0.6) is 0 Å². The van der Waals surface area contributed by atoms with Crippen molar-refractivity contribution in [3.63, 3.8) is 0 Å². The molecule has 2 heterocycles. The van der Waals surface area contributed by atoms with Crippen LogP contribution in [0, 0.1) is 3.57 Å². The normalized spacial score (nSPS) is 13.3. The molecule has 3 aromatic rings. The minimum Gasteiger partial charge on any atom is -0.334 e. The lowest BCUT2D eigenvalue weighted by molar-refractivity contribution is 0.102. The molecule has 0 radical (unpaired) electrons. The van der Waals surface area contributed by atoms with Crippen LogP contribution in [0.4, 0.5) is 5.69 Å².